The van der Waals surface area contributed by atoms with Crippen molar-refractivity contribution in [3.05, 3.63) is 24.3 Å². The lowest BCUT2D eigenvalue weighted by molar-refractivity contribution is 0.415. The molecule has 0 saturated carbocycles. The number of methoxy groups -OCH3 is 1. The molecule has 0 radical (unpaired) electrons. The first-order valence-corrected chi connectivity index (χ1v) is 4.51. The lowest BCUT2D eigenvalue weighted by atomic mass is 10.2. The first-order valence-electron chi connectivity index (χ1n) is 4.51. The third-order valence-corrected chi connectivity index (χ3v) is 2.13. The summed E-state index contributed by atoms with van der Waals surface area (Å²) in [4.78, 5) is 4.12. The van der Waals surface area contributed by atoms with Crippen LogP contribution in [-0.2, 0) is 7.05 Å². The van der Waals surface area contributed by atoms with Crippen molar-refractivity contribution in [3.8, 4) is 17.1 Å². The van der Waals surface area contributed by atoms with E-state index in [1.807, 2.05) is 31.3 Å². The summed E-state index contributed by atoms with van der Waals surface area (Å²) in [7, 11) is 3.44. The molecular weight excluding hydrogens is 192 g/mol. The molecule has 2 N–H and O–H groups in total. The Balaban J connectivity index is 2.41. The van der Waals surface area contributed by atoms with E-state index in [0.29, 0.717) is 0 Å². The smallest absolute Gasteiger partial charge is 0.240 e. The Bertz CT molecular complexity index is 461. The maximum atomic E-state index is 5.51. The van der Waals surface area contributed by atoms with Crippen molar-refractivity contribution in [3.63, 3.8) is 0 Å². The highest BCUT2D eigenvalue weighted by molar-refractivity contribution is 5.57. The number of nitrogens with zero attached hydrogens (tertiary/aromatic N) is 3. The van der Waals surface area contributed by atoms with Gasteiger partial charge >= 0.3 is 0 Å². The van der Waals surface area contributed by atoms with Gasteiger partial charge in [0.2, 0.25) is 5.95 Å². The van der Waals surface area contributed by atoms with Crippen LogP contribution in [0.1, 0.15) is 0 Å². The van der Waals surface area contributed by atoms with Gasteiger partial charge in [0.05, 0.1) is 7.11 Å². The minimum Gasteiger partial charge on any atom is -0.497 e. The molecule has 2 rings (SSSR count). The predicted octanol–water partition coefficient (Wildman–Crippen LogP) is 1.07. The SMILES string of the molecule is COc1ccc(-c2nc(N)nn2C)cc1. The summed E-state index contributed by atoms with van der Waals surface area (Å²) in [5, 5.41) is 3.98. The number of aromatic nitrogens is 3. The largest absolute Gasteiger partial charge is 0.497 e. The number of aryl methyl sites for hydroxylation is 1. The van der Waals surface area contributed by atoms with E-state index in [-0.39, 0.29) is 5.95 Å². The summed E-state index contributed by atoms with van der Waals surface area (Å²) in [5.41, 5.74) is 6.47. The summed E-state index contributed by atoms with van der Waals surface area (Å²) in [6.07, 6.45) is 0. The van der Waals surface area contributed by atoms with Gasteiger partial charge in [-0.15, -0.1) is 5.10 Å². The van der Waals surface area contributed by atoms with Crippen LogP contribution in [-0.4, -0.2) is 21.9 Å². The molecule has 0 aliphatic rings. The average molecular weight is 204 g/mol. The Hall–Kier alpha value is -2.04. The van der Waals surface area contributed by atoms with Crippen LogP contribution in [0.2, 0.25) is 0 Å². The molecule has 0 unspecified atom stereocenters. The zero-order valence-electron chi connectivity index (χ0n) is 8.64. The second kappa shape index (κ2) is 3.61. The van der Waals surface area contributed by atoms with Crippen LogP contribution < -0.4 is 10.5 Å². The number of nitrogens with two attached hydrogens (primary N) is 1. The van der Waals surface area contributed by atoms with Crippen molar-refractivity contribution in [2.24, 2.45) is 7.05 Å². The van der Waals surface area contributed by atoms with E-state index in [4.69, 9.17) is 10.5 Å². The van der Waals surface area contributed by atoms with Crippen LogP contribution in [0.4, 0.5) is 5.95 Å². The molecule has 0 amide bonds. The lowest BCUT2D eigenvalue weighted by Gasteiger charge is -2.01. The van der Waals surface area contributed by atoms with Gasteiger partial charge in [0.1, 0.15) is 5.75 Å². The topological polar surface area (TPSA) is 66.0 Å². The quantitative estimate of drug-likeness (QED) is 0.794. The fraction of sp³-hybridized carbons (Fsp3) is 0.200. The van der Waals surface area contributed by atoms with Crippen LogP contribution in [0.15, 0.2) is 24.3 Å². The molecule has 0 atom stereocenters. The number of hydrogen-bond donors (Lipinski definition) is 1. The monoisotopic (exact) mass is 204 g/mol. The van der Waals surface area contributed by atoms with Gasteiger partial charge in [-0.05, 0) is 24.3 Å². The molecular formula is C10H12N4O. The lowest BCUT2D eigenvalue weighted by Crippen LogP contribution is -1.94. The predicted molar refractivity (Wildman–Crippen MR) is 57.4 cm³/mol. The zero-order valence-corrected chi connectivity index (χ0v) is 8.64. The summed E-state index contributed by atoms with van der Waals surface area (Å²) >= 11 is 0. The molecule has 78 valence electrons. The van der Waals surface area contributed by atoms with E-state index < -0.39 is 0 Å². The van der Waals surface area contributed by atoms with E-state index >= 15 is 0 Å². The molecule has 1 heterocycles. The van der Waals surface area contributed by atoms with E-state index in [9.17, 15) is 0 Å². The molecule has 5 heteroatoms. The summed E-state index contributed by atoms with van der Waals surface area (Å²) < 4.78 is 6.72. The van der Waals surface area contributed by atoms with Crippen molar-refractivity contribution in [1.29, 1.82) is 0 Å². The van der Waals surface area contributed by atoms with Gasteiger partial charge in [-0.2, -0.15) is 4.98 Å². The third kappa shape index (κ3) is 1.76. The van der Waals surface area contributed by atoms with Gasteiger partial charge in [0.25, 0.3) is 0 Å². The van der Waals surface area contributed by atoms with Gasteiger partial charge in [0, 0.05) is 12.6 Å². The highest BCUT2D eigenvalue weighted by Crippen LogP contribution is 2.20. The third-order valence-electron chi connectivity index (χ3n) is 2.13. The molecule has 0 aliphatic heterocycles. The van der Waals surface area contributed by atoms with Gasteiger partial charge in [0.15, 0.2) is 5.82 Å². The maximum Gasteiger partial charge on any atom is 0.240 e. The minimum absolute atomic E-state index is 0.281. The van der Waals surface area contributed by atoms with Crippen molar-refractivity contribution in [2.45, 2.75) is 0 Å². The molecule has 1 aromatic heterocycles. The van der Waals surface area contributed by atoms with Crippen molar-refractivity contribution in [1.82, 2.24) is 14.8 Å². The highest BCUT2D eigenvalue weighted by atomic mass is 16.5. The Kier molecular flexibility index (Phi) is 2.29. The summed E-state index contributed by atoms with van der Waals surface area (Å²) in [6, 6.07) is 7.59. The standard InChI is InChI=1S/C10H12N4O/c1-14-9(12-10(11)13-14)7-3-5-8(15-2)6-4-7/h3-6H,1-2H3,(H2,11,13). The van der Waals surface area contributed by atoms with Crippen LogP contribution in [0.5, 0.6) is 5.75 Å². The Morgan fingerprint density at radius 1 is 1.27 bits per heavy atom. The van der Waals surface area contributed by atoms with Gasteiger partial charge in [-0.25, -0.2) is 4.68 Å². The second-order valence-corrected chi connectivity index (χ2v) is 3.15. The van der Waals surface area contributed by atoms with Gasteiger partial charge in [-0.1, -0.05) is 0 Å². The molecule has 2 aromatic rings. The number of rotatable bonds is 2. The molecule has 0 bridgehead atoms. The molecule has 0 spiro atoms. The number of anilines is 1. The summed E-state index contributed by atoms with van der Waals surface area (Å²) in [5.74, 6) is 1.84. The second-order valence-electron chi connectivity index (χ2n) is 3.15. The molecule has 1 aromatic carbocycles. The summed E-state index contributed by atoms with van der Waals surface area (Å²) in [6.45, 7) is 0. The highest BCUT2D eigenvalue weighted by Gasteiger charge is 2.06. The molecule has 5 nitrogen and oxygen atoms in total. The average Bonchev–Trinajstić information content (AvgIpc) is 2.58. The molecule has 0 fully saturated rings. The van der Waals surface area contributed by atoms with E-state index in [2.05, 4.69) is 10.1 Å². The number of ether oxygens (including phenoxy) is 1. The minimum atomic E-state index is 0.281. The Labute approximate surface area is 87.5 Å². The molecule has 0 aliphatic carbocycles. The van der Waals surface area contributed by atoms with Crippen LogP contribution in [0, 0.1) is 0 Å². The van der Waals surface area contributed by atoms with Gasteiger partial charge in [-0.3, -0.25) is 0 Å². The van der Waals surface area contributed by atoms with E-state index in [1.54, 1.807) is 11.8 Å². The van der Waals surface area contributed by atoms with Crippen molar-refractivity contribution in [2.75, 3.05) is 12.8 Å². The fourth-order valence-electron chi connectivity index (χ4n) is 1.40. The van der Waals surface area contributed by atoms with Gasteiger partial charge < -0.3 is 10.5 Å². The molecule has 0 saturated heterocycles. The number of benzene rings is 1. The van der Waals surface area contributed by atoms with Crippen LogP contribution in [0.25, 0.3) is 11.4 Å². The van der Waals surface area contributed by atoms with E-state index in [1.165, 1.54) is 0 Å². The van der Waals surface area contributed by atoms with Crippen LogP contribution >= 0.6 is 0 Å². The Morgan fingerprint density at radius 3 is 2.40 bits per heavy atom. The first-order chi connectivity index (χ1) is 7.20. The Morgan fingerprint density at radius 2 is 1.93 bits per heavy atom. The van der Waals surface area contributed by atoms with Crippen molar-refractivity contribution < 1.29 is 4.74 Å². The zero-order chi connectivity index (χ0) is 10.8. The normalized spacial score (nSPS) is 10.3. The maximum absolute atomic E-state index is 5.51. The van der Waals surface area contributed by atoms with Crippen molar-refractivity contribution >= 4 is 5.95 Å². The first kappa shape index (κ1) is 9.51. The molecule has 15 heavy (non-hydrogen) atoms. The van der Waals surface area contributed by atoms with E-state index in [0.717, 1.165) is 17.1 Å². The number of nitrogen functional groups attached to an aromatic ring is 1. The van der Waals surface area contributed by atoms with Crippen LogP contribution in [0.3, 0.4) is 0 Å². The fourth-order valence-corrected chi connectivity index (χ4v) is 1.40. The number of hydrogen-bond acceptors (Lipinski definition) is 4.